The Morgan fingerprint density at radius 1 is 0.895 bits per heavy atom. The van der Waals surface area contributed by atoms with Crippen LogP contribution in [0.25, 0.3) is 10.8 Å². The molecule has 0 spiro atoms. The molecule has 0 bridgehead atoms. The van der Waals surface area contributed by atoms with Crippen LogP contribution in [0.3, 0.4) is 0 Å². The fraction of sp³-hybridized carbons (Fsp3) is 0.471. The van der Waals surface area contributed by atoms with Crippen LogP contribution in [0.4, 0.5) is 0 Å². The average Bonchev–Trinajstić information content (AvgIpc) is 2.26. The Kier molecular flexibility index (Phi) is 3.08. The smallest absolute Gasteiger partial charge is 0.258 e. The molecule has 2 rings (SSSR count). The number of rotatable bonds is 0. The number of nitrogens with zero attached hydrogens (tertiary/aromatic N) is 1. The fourth-order valence-electron chi connectivity index (χ4n) is 2.46. The summed E-state index contributed by atoms with van der Waals surface area (Å²) in [5, 5.41) is 1.88. The maximum absolute atomic E-state index is 12.6. The van der Waals surface area contributed by atoms with Gasteiger partial charge in [0.1, 0.15) is 0 Å². The Balaban J connectivity index is 2.85. The lowest BCUT2D eigenvalue weighted by Crippen LogP contribution is -2.33. The highest BCUT2D eigenvalue weighted by atomic mass is 16.1. The Hall–Kier alpha value is -1.57. The molecule has 0 aliphatic heterocycles. The van der Waals surface area contributed by atoms with Crippen LogP contribution in [-0.2, 0) is 11.0 Å². The largest absolute Gasteiger partial charge is 0.310 e. The van der Waals surface area contributed by atoms with Crippen LogP contribution in [0.5, 0.6) is 0 Å². The lowest BCUT2D eigenvalue weighted by atomic mass is 9.84. The maximum Gasteiger partial charge on any atom is 0.258 e. The van der Waals surface area contributed by atoms with Gasteiger partial charge in [0.2, 0.25) is 0 Å². The van der Waals surface area contributed by atoms with Gasteiger partial charge in [-0.1, -0.05) is 32.9 Å². The minimum Gasteiger partial charge on any atom is -0.310 e. The first-order chi connectivity index (χ1) is 8.62. The van der Waals surface area contributed by atoms with E-state index in [4.69, 9.17) is 0 Å². The lowest BCUT2D eigenvalue weighted by molar-refractivity contribution is 0.386. The number of pyridine rings is 1. The van der Waals surface area contributed by atoms with Crippen LogP contribution >= 0.6 is 0 Å². The van der Waals surface area contributed by atoms with Crippen molar-refractivity contribution in [3.8, 4) is 0 Å². The summed E-state index contributed by atoms with van der Waals surface area (Å²) < 4.78 is 1.81. The van der Waals surface area contributed by atoms with Gasteiger partial charge in [-0.2, -0.15) is 0 Å². The first kappa shape index (κ1) is 13.9. The molecule has 0 N–H and O–H groups in total. The van der Waals surface area contributed by atoms with Crippen molar-refractivity contribution in [3.05, 3.63) is 46.4 Å². The van der Waals surface area contributed by atoms with Crippen LogP contribution in [0.1, 0.15) is 47.1 Å². The van der Waals surface area contributed by atoms with E-state index in [0.29, 0.717) is 0 Å². The monoisotopic (exact) mass is 257 g/mol. The van der Waals surface area contributed by atoms with Crippen molar-refractivity contribution in [1.29, 1.82) is 0 Å². The zero-order valence-corrected chi connectivity index (χ0v) is 12.7. The van der Waals surface area contributed by atoms with Crippen LogP contribution in [0.2, 0.25) is 0 Å². The van der Waals surface area contributed by atoms with Gasteiger partial charge in [0, 0.05) is 17.1 Å². The summed E-state index contributed by atoms with van der Waals surface area (Å²) in [4.78, 5) is 12.6. The summed E-state index contributed by atoms with van der Waals surface area (Å²) in [6, 6.07) is 8.10. The first-order valence-electron chi connectivity index (χ1n) is 6.78. The van der Waals surface area contributed by atoms with Crippen molar-refractivity contribution in [2.24, 2.45) is 0 Å². The molecule has 0 aliphatic rings. The predicted octanol–water partition coefficient (Wildman–Crippen LogP) is 4.05. The van der Waals surface area contributed by atoms with E-state index in [1.165, 1.54) is 5.56 Å². The van der Waals surface area contributed by atoms with Crippen LogP contribution in [-0.4, -0.2) is 4.57 Å². The van der Waals surface area contributed by atoms with E-state index < -0.39 is 0 Å². The van der Waals surface area contributed by atoms with Crippen LogP contribution < -0.4 is 5.56 Å². The highest BCUT2D eigenvalue weighted by Crippen LogP contribution is 2.29. The van der Waals surface area contributed by atoms with Gasteiger partial charge in [0.05, 0.1) is 0 Å². The molecule has 19 heavy (non-hydrogen) atoms. The van der Waals surface area contributed by atoms with Crippen molar-refractivity contribution in [3.63, 3.8) is 0 Å². The van der Waals surface area contributed by atoms with Crippen molar-refractivity contribution in [1.82, 2.24) is 4.57 Å². The topological polar surface area (TPSA) is 22.0 Å². The molecule has 2 aromatic rings. The van der Waals surface area contributed by atoms with E-state index in [2.05, 4.69) is 32.9 Å². The normalized spacial score (nSPS) is 12.9. The maximum atomic E-state index is 12.6. The van der Waals surface area contributed by atoms with Crippen molar-refractivity contribution < 1.29 is 0 Å². The number of benzene rings is 1. The van der Waals surface area contributed by atoms with E-state index in [1.54, 1.807) is 0 Å². The number of fused-ring (bicyclic) bond motifs is 1. The van der Waals surface area contributed by atoms with Crippen molar-refractivity contribution in [2.45, 2.75) is 52.5 Å². The minimum atomic E-state index is -0.191. The van der Waals surface area contributed by atoms with Gasteiger partial charge in [-0.05, 0) is 49.3 Å². The molecule has 0 aliphatic carbocycles. The quantitative estimate of drug-likeness (QED) is 0.697. The van der Waals surface area contributed by atoms with E-state index in [1.807, 2.05) is 43.7 Å². The van der Waals surface area contributed by atoms with Gasteiger partial charge >= 0.3 is 0 Å². The molecule has 1 aromatic carbocycles. The van der Waals surface area contributed by atoms with Gasteiger partial charge in [-0.15, -0.1) is 0 Å². The molecule has 0 saturated carbocycles. The molecule has 102 valence electrons. The summed E-state index contributed by atoms with van der Waals surface area (Å²) in [7, 11) is 0. The molecule has 0 saturated heterocycles. The van der Waals surface area contributed by atoms with Gasteiger partial charge in [-0.3, -0.25) is 4.79 Å². The molecule has 1 heterocycles. The Labute approximate surface area is 115 Å². The summed E-state index contributed by atoms with van der Waals surface area (Å²) in [5.41, 5.74) is 1.17. The standard InChI is InChI=1S/C17H23NO/c1-16(2,3)14-9-7-8-13-12(14)10-11-18(15(13)19)17(4,5)6/h7-11H,1-6H3. The zero-order valence-electron chi connectivity index (χ0n) is 12.7. The molecule has 0 amide bonds. The first-order valence-corrected chi connectivity index (χ1v) is 6.78. The summed E-state index contributed by atoms with van der Waals surface area (Å²) in [6.45, 7) is 12.7. The minimum absolute atomic E-state index is 0.0415. The molecule has 1 aromatic heterocycles. The predicted molar refractivity (Wildman–Crippen MR) is 81.9 cm³/mol. The SMILES string of the molecule is CC(C)(C)c1cccc2c(=O)n(C(C)(C)C)ccc12. The Morgan fingerprint density at radius 3 is 2.05 bits per heavy atom. The second-order valence-corrected chi connectivity index (χ2v) is 7.18. The van der Waals surface area contributed by atoms with Crippen LogP contribution in [0.15, 0.2) is 35.3 Å². The van der Waals surface area contributed by atoms with Gasteiger partial charge < -0.3 is 4.57 Å². The third kappa shape index (κ3) is 2.44. The van der Waals surface area contributed by atoms with Crippen LogP contribution in [0, 0.1) is 0 Å². The summed E-state index contributed by atoms with van der Waals surface area (Å²) in [6.07, 6.45) is 1.92. The molecule has 0 atom stereocenters. The number of hydrogen-bond donors (Lipinski definition) is 0. The third-order valence-corrected chi connectivity index (χ3v) is 3.48. The Bertz CT molecular complexity index is 666. The second kappa shape index (κ2) is 4.22. The molecule has 0 unspecified atom stereocenters. The van der Waals surface area contributed by atoms with E-state index in [0.717, 1.165) is 10.8 Å². The van der Waals surface area contributed by atoms with Crippen molar-refractivity contribution in [2.75, 3.05) is 0 Å². The van der Waals surface area contributed by atoms with Gasteiger partial charge in [-0.25, -0.2) is 0 Å². The summed E-state index contributed by atoms with van der Waals surface area (Å²) >= 11 is 0. The zero-order chi connectivity index (χ0) is 14.4. The molecule has 2 heteroatoms. The highest BCUT2D eigenvalue weighted by molar-refractivity contribution is 5.85. The Morgan fingerprint density at radius 2 is 1.53 bits per heavy atom. The molecule has 2 nitrogen and oxygen atoms in total. The number of hydrogen-bond acceptors (Lipinski definition) is 1. The lowest BCUT2D eigenvalue weighted by Gasteiger charge is -2.25. The molecule has 0 radical (unpaired) electrons. The van der Waals surface area contributed by atoms with Crippen molar-refractivity contribution >= 4 is 10.8 Å². The number of aromatic nitrogens is 1. The van der Waals surface area contributed by atoms with E-state index in [-0.39, 0.29) is 16.5 Å². The highest BCUT2D eigenvalue weighted by Gasteiger charge is 2.20. The summed E-state index contributed by atoms with van der Waals surface area (Å²) in [5.74, 6) is 0. The average molecular weight is 257 g/mol. The van der Waals surface area contributed by atoms with E-state index >= 15 is 0 Å². The van der Waals surface area contributed by atoms with Gasteiger partial charge in [0.15, 0.2) is 0 Å². The third-order valence-electron chi connectivity index (χ3n) is 3.48. The molecular weight excluding hydrogens is 234 g/mol. The fourth-order valence-corrected chi connectivity index (χ4v) is 2.46. The van der Waals surface area contributed by atoms with E-state index in [9.17, 15) is 4.79 Å². The second-order valence-electron chi connectivity index (χ2n) is 7.18. The molecular formula is C17H23NO. The van der Waals surface area contributed by atoms with Gasteiger partial charge in [0.25, 0.3) is 5.56 Å². The molecule has 0 fully saturated rings.